The summed E-state index contributed by atoms with van der Waals surface area (Å²) in [5.41, 5.74) is 2.81. The topological polar surface area (TPSA) is 56.2 Å². The van der Waals surface area contributed by atoms with Crippen molar-refractivity contribution >= 4 is 16.9 Å². The number of alkyl halides is 3. The number of imidazole rings is 1. The van der Waals surface area contributed by atoms with E-state index in [0.29, 0.717) is 17.6 Å². The maximum absolute atomic E-state index is 13.3. The molecule has 1 amide bonds. The van der Waals surface area contributed by atoms with Crippen LogP contribution in [0.3, 0.4) is 0 Å². The summed E-state index contributed by atoms with van der Waals surface area (Å²) in [4.78, 5) is 15.9. The van der Waals surface area contributed by atoms with Crippen LogP contribution in [0.1, 0.15) is 36.7 Å². The van der Waals surface area contributed by atoms with Gasteiger partial charge in [0.05, 0.1) is 11.0 Å². The highest BCUT2D eigenvalue weighted by atomic mass is 19.4. The predicted molar refractivity (Wildman–Crippen MR) is 106 cm³/mol. The van der Waals surface area contributed by atoms with Gasteiger partial charge in [-0.3, -0.25) is 4.79 Å². The number of aromatic nitrogens is 2. The van der Waals surface area contributed by atoms with Crippen LogP contribution in [0, 0.1) is 0 Å². The van der Waals surface area contributed by atoms with Gasteiger partial charge in [0.2, 0.25) is 11.7 Å². The van der Waals surface area contributed by atoms with Gasteiger partial charge in [-0.15, -0.1) is 0 Å². The summed E-state index contributed by atoms with van der Waals surface area (Å²) in [6.45, 7) is 2.45. The van der Waals surface area contributed by atoms with Crippen molar-refractivity contribution in [3.05, 3.63) is 59.4 Å². The van der Waals surface area contributed by atoms with E-state index in [9.17, 15) is 18.0 Å². The lowest BCUT2D eigenvalue weighted by Crippen LogP contribution is -2.23. The van der Waals surface area contributed by atoms with Crippen LogP contribution < -0.4 is 10.1 Å². The van der Waals surface area contributed by atoms with Gasteiger partial charge in [0, 0.05) is 25.9 Å². The van der Waals surface area contributed by atoms with Gasteiger partial charge in [-0.25, -0.2) is 4.98 Å². The maximum Gasteiger partial charge on any atom is 0.449 e. The zero-order chi connectivity index (χ0) is 21.3. The number of carbonyl (C=O) groups is 1. The number of carbonyl (C=O) groups excluding carboxylic acids is 1. The summed E-state index contributed by atoms with van der Waals surface area (Å²) in [5, 5.41) is 2.84. The van der Waals surface area contributed by atoms with Crippen LogP contribution in [0.4, 0.5) is 13.2 Å². The molecule has 0 saturated heterocycles. The highest BCUT2D eigenvalue weighted by Gasteiger charge is 2.37. The van der Waals surface area contributed by atoms with Crippen molar-refractivity contribution in [3.8, 4) is 5.75 Å². The molecule has 0 spiro atoms. The molecule has 2 heterocycles. The number of para-hydroxylation sites is 2. The summed E-state index contributed by atoms with van der Waals surface area (Å²) in [7, 11) is 0. The van der Waals surface area contributed by atoms with Crippen LogP contribution in [0.25, 0.3) is 11.0 Å². The van der Waals surface area contributed by atoms with E-state index < -0.39 is 12.0 Å². The summed E-state index contributed by atoms with van der Waals surface area (Å²) in [5.74, 6) is -0.248. The number of ether oxygens (including phenoxy) is 1. The minimum Gasteiger partial charge on any atom is -0.490 e. The standard InChI is InChI=1S/C22H22F3N3O2/c1-14-11-16-12-15(8-9-19(16)30-14)13-26-20(29)7-4-10-28-18-6-3-2-5-17(18)27-21(28)22(23,24)25/h2-3,5-6,8-9,12,14H,4,7,10-11,13H2,1H3,(H,26,29). The molecule has 1 unspecified atom stereocenters. The van der Waals surface area contributed by atoms with Crippen LogP contribution in [-0.4, -0.2) is 21.6 Å². The van der Waals surface area contributed by atoms with E-state index in [1.54, 1.807) is 24.3 Å². The summed E-state index contributed by atoms with van der Waals surface area (Å²) < 4.78 is 46.8. The SMILES string of the molecule is CC1Cc2cc(CNC(=O)CCCn3c(C(F)(F)F)nc4ccccc43)ccc2O1. The quantitative estimate of drug-likeness (QED) is 0.644. The van der Waals surface area contributed by atoms with Crippen molar-refractivity contribution in [2.24, 2.45) is 0 Å². The van der Waals surface area contributed by atoms with E-state index in [1.807, 2.05) is 25.1 Å². The van der Waals surface area contributed by atoms with Gasteiger partial charge < -0.3 is 14.6 Å². The van der Waals surface area contributed by atoms with Crippen molar-refractivity contribution in [1.82, 2.24) is 14.9 Å². The first kappa shape index (κ1) is 20.3. The fraction of sp³-hybridized carbons (Fsp3) is 0.364. The minimum atomic E-state index is -4.55. The molecule has 2 aromatic carbocycles. The molecule has 3 aromatic rings. The van der Waals surface area contributed by atoms with Crippen LogP contribution in [0.2, 0.25) is 0 Å². The number of halogens is 3. The fourth-order valence-corrected chi connectivity index (χ4v) is 3.79. The molecule has 1 aliphatic rings. The van der Waals surface area contributed by atoms with E-state index in [-0.39, 0.29) is 31.4 Å². The highest BCUT2D eigenvalue weighted by molar-refractivity contribution is 5.77. The van der Waals surface area contributed by atoms with Crippen molar-refractivity contribution < 1.29 is 22.7 Å². The molecule has 8 heteroatoms. The number of rotatable bonds is 6. The van der Waals surface area contributed by atoms with Gasteiger partial charge in [-0.2, -0.15) is 13.2 Å². The zero-order valence-corrected chi connectivity index (χ0v) is 16.5. The van der Waals surface area contributed by atoms with Crippen LogP contribution in [0.15, 0.2) is 42.5 Å². The molecule has 5 nitrogen and oxygen atoms in total. The third-order valence-corrected chi connectivity index (χ3v) is 5.14. The smallest absolute Gasteiger partial charge is 0.449 e. The van der Waals surface area contributed by atoms with Crippen molar-refractivity contribution in [3.63, 3.8) is 0 Å². The van der Waals surface area contributed by atoms with Crippen molar-refractivity contribution in [2.45, 2.75) is 51.6 Å². The molecule has 4 rings (SSSR count). The maximum atomic E-state index is 13.3. The van der Waals surface area contributed by atoms with Gasteiger partial charge >= 0.3 is 6.18 Å². The van der Waals surface area contributed by atoms with Crippen molar-refractivity contribution in [2.75, 3.05) is 0 Å². The van der Waals surface area contributed by atoms with Gasteiger partial charge in [-0.1, -0.05) is 24.3 Å². The summed E-state index contributed by atoms with van der Waals surface area (Å²) in [6.07, 6.45) is -3.13. The predicted octanol–water partition coefficient (Wildman–Crippen LogP) is 4.48. The number of aryl methyl sites for hydroxylation is 1. The van der Waals surface area contributed by atoms with Gasteiger partial charge in [0.25, 0.3) is 0 Å². The molecule has 1 atom stereocenters. The molecule has 0 bridgehead atoms. The van der Waals surface area contributed by atoms with E-state index in [1.165, 1.54) is 0 Å². The number of benzene rings is 2. The molecule has 0 aliphatic carbocycles. The second-order valence-electron chi connectivity index (χ2n) is 7.53. The number of hydrogen-bond acceptors (Lipinski definition) is 3. The minimum absolute atomic E-state index is 0.0663. The van der Waals surface area contributed by atoms with Crippen molar-refractivity contribution in [1.29, 1.82) is 0 Å². The second kappa shape index (κ2) is 8.01. The number of nitrogens with zero attached hydrogens (tertiary/aromatic N) is 2. The van der Waals surface area contributed by atoms with Gasteiger partial charge in [-0.05, 0) is 42.7 Å². The largest absolute Gasteiger partial charge is 0.490 e. The molecule has 158 valence electrons. The Balaban J connectivity index is 1.34. The zero-order valence-electron chi connectivity index (χ0n) is 16.5. The van der Waals surface area contributed by atoms with Crippen LogP contribution >= 0.6 is 0 Å². The molecular formula is C22H22F3N3O2. The second-order valence-corrected chi connectivity index (χ2v) is 7.53. The Morgan fingerprint density at radius 1 is 1.27 bits per heavy atom. The molecule has 1 N–H and O–H groups in total. The Labute approximate surface area is 171 Å². The summed E-state index contributed by atoms with van der Waals surface area (Å²) in [6, 6.07) is 12.3. The normalized spacial score (nSPS) is 15.8. The van der Waals surface area contributed by atoms with E-state index in [0.717, 1.165) is 27.9 Å². The molecular weight excluding hydrogens is 395 g/mol. The molecule has 0 radical (unpaired) electrons. The van der Waals surface area contributed by atoms with Gasteiger partial charge in [0.15, 0.2) is 0 Å². The third-order valence-electron chi connectivity index (χ3n) is 5.14. The number of fused-ring (bicyclic) bond motifs is 2. The lowest BCUT2D eigenvalue weighted by molar-refractivity contribution is -0.146. The van der Waals surface area contributed by atoms with Crippen LogP contribution in [-0.2, 0) is 30.5 Å². The first-order chi connectivity index (χ1) is 14.3. The highest BCUT2D eigenvalue weighted by Crippen LogP contribution is 2.32. The average molecular weight is 417 g/mol. The number of nitrogens with one attached hydrogen (secondary N) is 1. The summed E-state index contributed by atoms with van der Waals surface area (Å²) >= 11 is 0. The molecule has 1 aliphatic heterocycles. The number of amides is 1. The fourth-order valence-electron chi connectivity index (χ4n) is 3.79. The Morgan fingerprint density at radius 3 is 2.87 bits per heavy atom. The molecule has 30 heavy (non-hydrogen) atoms. The van der Waals surface area contributed by atoms with E-state index in [4.69, 9.17) is 4.74 Å². The molecule has 0 saturated carbocycles. The lowest BCUT2D eigenvalue weighted by atomic mass is 10.1. The number of hydrogen-bond donors (Lipinski definition) is 1. The van der Waals surface area contributed by atoms with E-state index in [2.05, 4.69) is 10.3 Å². The molecule has 1 aromatic heterocycles. The molecule has 0 fully saturated rings. The van der Waals surface area contributed by atoms with Gasteiger partial charge in [0.1, 0.15) is 11.9 Å². The monoisotopic (exact) mass is 417 g/mol. The third kappa shape index (κ3) is 4.27. The Morgan fingerprint density at radius 2 is 2.07 bits per heavy atom. The Bertz CT molecular complexity index is 1080. The van der Waals surface area contributed by atoms with E-state index >= 15 is 0 Å². The lowest BCUT2D eigenvalue weighted by Gasteiger charge is -2.11. The Hall–Kier alpha value is -3.03. The van der Waals surface area contributed by atoms with Crippen LogP contribution in [0.5, 0.6) is 5.75 Å². The average Bonchev–Trinajstić information content (AvgIpc) is 3.25. The first-order valence-electron chi connectivity index (χ1n) is 9.89. The first-order valence-corrected chi connectivity index (χ1v) is 9.89. The Kier molecular flexibility index (Phi) is 5.40.